The lowest BCUT2D eigenvalue weighted by molar-refractivity contribution is -0.138. The largest absolute Gasteiger partial charge is 0.463 e. The fourth-order valence-corrected chi connectivity index (χ4v) is 7.36. The summed E-state index contributed by atoms with van der Waals surface area (Å²) in [7, 11) is 0. The van der Waals surface area contributed by atoms with E-state index in [1.54, 1.807) is 11.5 Å². The molecule has 1 aromatic carbocycles. The molecular formula is C31H31N3O4S2. The van der Waals surface area contributed by atoms with E-state index in [9.17, 15) is 9.59 Å². The second-order valence-electron chi connectivity index (χ2n) is 10.0. The first-order valence-electron chi connectivity index (χ1n) is 13.6. The van der Waals surface area contributed by atoms with Crippen LogP contribution in [0.3, 0.4) is 0 Å². The van der Waals surface area contributed by atoms with Crippen molar-refractivity contribution >= 4 is 40.4 Å². The zero-order chi connectivity index (χ0) is 27.8. The van der Waals surface area contributed by atoms with Crippen LogP contribution in [0.4, 0.5) is 0 Å². The van der Waals surface area contributed by atoms with Crippen molar-refractivity contribution in [2.45, 2.75) is 52.3 Å². The first kappa shape index (κ1) is 26.7. The highest BCUT2D eigenvalue weighted by atomic mass is 32.1. The van der Waals surface area contributed by atoms with Gasteiger partial charge in [-0.2, -0.15) is 0 Å². The van der Waals surface area contributed by atoms with Crippen molar-refractivity contribution in [2.75, 3.05) is 13.2 Å². The first-order chi connectivity index (χ1) is 19.5. The number of aryl methyl sites for hydroxylation is 1. The van der Waals surface area contributed by atoms with E-state index in [0.29, 0.717) is 20.6 Å². The van der Waals surface area contributed by atoms with Crippen LogP contribution in [-0.4, -0.2) is 34.4 Å². The molecule has 0 unspecified atom stereocenters. The summed E-state index contributed by atoms with van der Waals surface area (Å²) in [5.41, 5.74) is 4.80. The monoisotopic (exact) mass is 573 g/mol. The number of thiazole rings is 1. The number of thiophene rings is 1. The topological polar surface area (TPSA) is 74.8 Å². The molecule has 1 saturated heterocycles. The van der Waals surface area contributed by atoms with Crippen LogP contribution in [0, 0.1) is 13.8 Å². The third-order valence-electron chi connectivity index (χ3n) is 7.50. The van der Waals surface area contributed by atoms with Crippen LogP contribution in [0.25, 0.3) is 11.8 Å². The molecule has 9 heteroatoms. The number of benzene rings is 1. The molecule has 3 aromatic heterocycles. The Morgan fingerprint density at radius 3 is 2.73 bits per heavy atom. The summed E-state index contributed by atoms with van der Waals surface area (Å²) in [6.07, 6.45) is 4.36. The van der Waals surface area contributed by atoms with Gasteiger partial charge in [0.1, 0.15) is 6.04 Å². The van der Waals surface area contributed by atoms with E-state index >= 15 is 0 Å². The summed E-state index contributed by atoms with van der Waals surface area (Å²) in [5, 5.41) is 1.96. The molecule has 0 bridgehead atoms. The molecule has 5 heterocycles. The molecular weight excluding hydrogens is 542 g/mol. The van der Waals surface area contributed by atoms with Gasteiger partial charge in [-0.3, -0.25) is 9.36 Å². The molecule has 0 spiro atoms. The minimum atomic E-state index is -0.625. The Hall–Kier alpha value is -3.53. The van der Waals surface area contributed by atoms with Crippen LogP contribution in [0.1, 0.15) is 53.2 Å². The summed E-state index contributed by atoms with van der Waals surface area (Å²) in [6, 6.07) is 15.0. The highest BCUT2D eigenvalue weighted by Gasteiger charge is 2.35. The van der Waals surface area contributed by atoms with Crippen LogP contribution >= 0.6 is 22.7 Å². The Bertz CT molecular complexity index is 1750. The fourth-order valence-electron chi connectivity index (χ4n) is 5.54. The van der Waals surface area contributed by atoms with Gasteiger partial charge in [0, 0.05) is 35.0 Å². The zero-order valence-electron chi connectivity index (χ0n) is 22.8. The van der Waals surface area contributed by atoms with Gasteiger partial charge >= 0.3 is 5.97 Å². The molecule has 7 nitrogen and oxygen atoms in total. The average molecular weight is 574 g/mol. The maximum Gasteiger partial charge on any atom is 0.338 e. The zero-order valence-corrected chi connectivity index (χ0v) is 24.4. The molecule has 40 heavy (non-hydrogen) atoms. The Kier molecular flexibility index (Phi) is 7.44. The van der Waals surface area contributed by atoms with Gasteiger partial charge < -0.3 is 14.0 Å². The molecule has 2 aliphatic rings. The lowest BCUT2D eigenvalue weighted by Crippen LogP contribution is -2.39. The van der Waals surface area contributed by atoms with Gasteiger partial charge in [-0.15, -0.1) is 11.3 Å². The van der Waals surface area contributed by atoms with E-state index in [0.717, 1.165) is 53.4 Å². The van der Waals surface area contributed by atoms with Crippen molar-refractivity contribution in [1.29, 1.82) is 0 Å². The Balaban J connectivity index is 1.53. The molecule has 2 atom stereocenters. The molecule has 6 rings (SSSR count). The summed E-state index contributed by atoms with van der Waals surface area (Å²) in [5.74, 6) is -0.463. The maximum atomic E-state index is 14.1. The number of hydrogen-bond donors (Lipinski definition) is 0. The van der Waals surface area contributed by atoms with Crippen LogP contribution in [0.2, 0.25) is 0 Å². The Morgan fingerprint density at radius 2 is 2.02 bits per heavy atom. The number of hydrogen-bond acceptors (Lipinski definition) is 7. The van der Waals surface area contributed by atoms with Gasteiger partial charge in [-0.1, -0.05) is 47.7 Å². The van der Waals surface area contributed by atoms with Crippen molar-refractivity contribution in [3.8, 4) is 0 Å². The van der Waals surface area contributed by atoms with Crippen molar-refractivity contribution < 1.29 is 14.3 Å². The minimum Gasteiger partial charge on any atom is -0.463 e. The van der Waals surface area contributed by atoms with Gasteiger partial charge in [0.2, 0.25) is 0 Å². The van der Waals surface area contributed by atoms with Gasteiger partial charge in [-0.05, 0) is 62.8 Å². The molecule has 4 aromatic rings. The quantitative estimate of drug-likeness (QED) is 0.303. The second-order valence-corrected chi connectivity index (χ2v) is 12.0. The number of ether oxygens (including phenoxy) is 2. The van der Waals surface area contributed by atoms with Gasteiger partial charge in [0.15, 0.2) is 4.80 Å². The fraction of sp³-hybridized carbons (Fsp3) is 0.323. The number of nitrogens with zero attached hydrogens (tertiary/aromatic N) is 3. The SMILES string of the molecule is CCOC(=O)C1=C(c2ccccc2)N=c2s/c(=C\c3cc(C)n(C[C@H]4CCCO4)c3C)c(=O)n2[C@@H]1c1cccs1. The first-order valence-corrected chi connectivity index (χ1v) is 15.3. The highest BCUT2D eigenvalue weighted by molar-refractivity contribution is 7.10. The third-order valence-corrected chi connectivity index (χ3v) is 9.40. The van der Waals surface area contributed by atoms with E-state index in [1.807, 2.05) is 53.9 Å². The van der Waals surface area contributed by atoms with Gasteiger partial charge in [-0.25, -0.2) is 9.79 Å². The molecule has 206 valence electrons. The van der Waals surface area contributed by atoms with Crippen LogP contribution < -0.4 is 14.9 Å². The van der Waals surface area contributed by atoms with Crippen LogP contribution in [-0.2, 0) is 20.8 Å². The number of aromatic nitrogens is 2. The number of carbonyl (C=O) groups excluding carboxylic acids is 1. The summed E-state index contributed by atoms with van der Waals surface area (Å²) < 4.78 is 15.9. The molecule has 0 saturated carbocycles. The number of carbonyl (C=O) groups is 1. The maximum absolute atomic E-state index is 14.1. The molecule has 0 N–H and O–H groups in total. The van der Waals surface area contributed by atoms with Crippen molar-refractivity contribution in [2.24, 2.45) is 4.99 Å². The Labute approximate surface area is 240 Å². The summed E-state index contributed by atoms with van der Waals surface area (Å²) in [6.45, 7) is 7.83. The van der Waals surface area contributed by atoms with E-state index in [2.05, 4.69) is 24.5 Å². The number of rotatable bonds is 7. The van der Waals surface area contributed by atoms with E-state index < -0.39 is 12.0 Å². The molecule has 1 fully saturated rings. The van der Waals surface area contributed by atoms with E-state index in [4.69, 9.17) is 14.5 Å². The van der Waals surface area contributed by atoms with Gasteiger partial charge in [0.25, 0.3) is 5.56 Å². The minimum absolute atomic E-state index is 0.167. The van der Waals surface area contributed by atoms with E-state index in [-0.39, 0.29) is 18.3 Å². The molecule has 0 radical (unpaired) electrons. The summed E-state index contributed by atoms with van der Waals surface area (Å²) >= 11 is 2.86. The van der Waals surface area contributed by atoms with Crippen LogP contribution in [0.15, 0.2) is 69.3 Å². The van der Waals surface area contributed by atoms with Gasteiger partial charge in [0.05, 0.1) is 28.5 Å². The number of esters is 1. The average Bonchev–Trinajstić information content (AvgIpc) is 3.76. The summed E-state index contributed by atoms with van der Waals surface area (Å²) in [4.78, 5) is 33.9. The third kappa shape index (κ3) is 4.82. The predicted octanol–water partition coefficient (Wildman–Crippen LogP) is 4.59. The predicted molar refractivity (Wildman–Crippen MR) is 158 cm³/mol. The molecule has 0 aliphatic carbocycles. The smallest absolute Gasteiger partial charge is 0.338 e. The lowest BCUT2D eigenvalue weighted by atomic mass is 9.97. The Morgan fingerprint density at radius 1 is 1.20 bits per heavy atom. The van der Waals surface area contributed by atoms with Crippen molar-refractivity contribution in [3.63, 3.8) is 0 Å². The highest BCUT2D eigenvalue weighted by Crippen LogP contribution is 2.36. The van der Waals surface area contributed by atoms with E-state index in [1.165, 1.54) is 22.7 Å². The van der Waals surface area contributed by atoms with Crippen LogP contribution in [0.5, 0.6) is 0 Å². The molecule has 2 aliphatic heterocycles. The second kappa shape index (κ2) is 11.2. The normalized spacial score (nSPS) is 19.1. The molecule has 0 amide bonds. The van der Waals surface area contributed by atoms with Crippen molar-refractivity contribution in [1.82, 2.24) is 9.13 Å². The van der Waals surface area contributed by atoms with Crippen molar-refractivity contribution in [3.05, 3.63) is 107 Å². The number of fused-ring (bicyclic) bond motifs is 1. The standard InChI is InChI=1S/C31H31N3O4S2/c1-4-37-30(36)26-27(21-10-6-5-7-11-21)32-31-34(28(26)24-13-9-15-39-24)29(35)25(40-31)17-22-16-19(2)33(20(22)3)18-23-12-8-14-38-23/h5-7,9-11,13,15-17,23,28H,4,8,12,14,18H2,1-3H3/b25-17-/t23-,28-/m1/s1. The lowest BCUT2D eigenvalue weighted by Gasteiger charge is -2.24.